The Balaban J connectivity index is 1.47. The number of anilines is 2. The molecule has 0 bridgehead atoms. The second-order valence-corrected chi connectivity index (χ2v) is 7.26. The predicted molar refractivity (Wildman–Crippen MR) is 116 cm³/mol. The molecular weight excluding hydrogens is 386 g/mol. The average Bonchev–Trinajstić information content (AvgIpc) is 3.04. The van der Waals surface area contributed by atoms with Crippen LogP contribution >= 0.6 is 11.8 Å². The van der Waals surface area contributed by atoms with Gasteiger partial charge in [-0.1, -0.05) is 24.3 Å². The number of pyridine rings is 1. The molecule has 2 heterocycles. The highest BCUT2D eigenvalue weighted by Crippen LogP contribution is 2.19. The minimum atomic E-state index is -0.328. The van der Waals surface area contributed by atoms with Gasteiger partial charge < -0.3 is 10.6 Å². The van der Waals surface area contributed by atoms with Crippen LogP contribution in [-0.4, -0.2) is 26.5 Å². The summed E-state index contributed by atoms with van der Waals surface area (Å²) in [5.74, 6) is 0. The summed E-state index contributed by atoms with van der Waals surface area (Å²) in [6.07, 6.45) is 3.68. The van der Waals surface area contributed by atoms with Crippen molar-refractivity contribution >= 4 is 34.8 Å². The van der Waals surface area contributed by atoms with Crippen molar-refractivity contribution in [3.05, 3.63) is 89.0 Å². The van der Waals surface area contributed by atoms with E-state index in [1.807, 2.05) is 54.8 Å². The first-order valence-electron chi connectivity index (χ1n) is 8.97. The van der Waals surface area contributed by atoms with Gasteiger partial charge in [0.05, 0.1) is 6.54 Å². The molecule has 2 aromatic carbocycles. The van der Waals surface area contributed by atoms with Crippen molar-refractivity contribution in [2.24, 2.45) is 0 Å². The summed E-state index contributed by atoms with van der Waals surface area (Å²) in [6.45, 7) is 0.313. The molecule has 2 N–H and O–H groups in total. The fourth-order valence-electron chi connectivity index (χ4n) is 2.99. The van der Waals surface area contributed by atoms with Crippen LogP contribution in [-0.2, 0) is 6.54 Å². The molecule has 29 heavy (non-hydrogen) atoms. The maximum atomic E-state index is 12.4. The Kier molecular flexibility index (Phi) is 5.35. The Morgan fingerprint density at radius 1 is 1.00 bits per heavy atom. The Morgan fingerprint density at radius 3 is 2.52 bits per heavy atom. The lowest BCUT2D eigenvalue weighted by Gasteiger charge is -2.10. The van der Waals surface area contributed by atoms with Crippen molar-refractivity contribution in [3.63, 3.8) is 0 Å². The molecule has 2 amide bonds. The molecular formula is C21H19N5O2S. The van der Waals surface area contributed by atoms with E-state index >= 15 is 0 Å². The Hall–Kier alpha value is -3.52. The topological polar surface area (TPSA) is 80.4 Å². The lowest BCUT2D eigenvalue weighted by atomic mass is 10.2. The van der Waals surface area contributed by atoms with Gasteiger partial charge in [-0.25, -0.2) is 14.3 Å². The molecule has 0 saturated heterocycles. The highest BCUT2D eigenvalue weighted by Gasteiger charge is 2.08. The van der Waals surface area contributed by atoms with E-state index in [1.165, 1.54) is 9.08 Å². The van der Waals surface area contributed by atoms with Gasteiger partial charge in [0, 0.05) is 22.5 Å². The molecule has 2 aromatic heterocycles. The number of aromatic nitrogens is 3. The van der Waals surface area contributed by atoms with Crippen molar-refractivity contribution in [2.45, 2.75) is 11.4 Å². The monoisotopic (exact) mass is 405 g/mol. The number of urea groups is 1. The van der Waals surface area contributed by atoms with Gasteiger partial charge in [-0.2, -0.15) is 0 Å². The summed E-state index contributed by atoms with van der Waals surface area (Å²) in [7, 11) is 0. The number of nitrogens with zero attached hydrogens (tertiary/aromatic N) is 3. The fraction of sp³-hybridized carbons (Fsp3) is 0.0952. The number of hydrogen-bond donors (Lipinski definition) is 2. The van der Waals surface area contributed by atoms with E-state index < -0.39 is 0 Å². The number of amides is 2. The van der Waals surface area contributed by atoms with Gasteiger partial charge in [0.25, 0.3) is 0 Å². The lowest BCUT2D eigenvalue weighted by molar-refractivity contribution is 0.262. The number of thioether (sulfide) groups is 1. The van der Waals surface area contributed by atoms with Gasteiger partial charge in [0.1, 0.15) is 0 Å². The van der Waals surface area contributed by atoms with E-state index in [-0.39, 0.29) is 11.7 Å². The summed E-state index contributed by atoms with van der Waals surface area (Å²) in [5, 5.41) is 9.99. The van der Waals surface area contributed by atoms with Crippen molar-refractivity contribution in [1.82, 2.24) is 14.2 Å². The summed E-state index contributed by atoms with van der Waals surface area (Å²) in [5.41, 5.74) is 2.61. The Morgan fingerprint density at radius 2 is 1.76 bits per heavy atom. The first kappa shape index (κ1) is 18.8. The predicted octanol–water partition coefficient (Wildman–Crippen LogP) is 3.91. The highest BCUT2D eigenvalue weighted by molar-refractivity contribution is 7.98. The van der Waals surface area contributed by atoms with Crippen molar-refractivity contribution in [2.75, 3.05) is 16.9 Å². The van der Waals surface area contributed by atoms with Crippen LogP contribution in [0.25, 0.3) is 5.65 Å². The maximum Gasteiger partial charge on any atom is 0.350 e. The molecule has 0 unspecified atom stereocenters. The van der Waals surface area contributed by atoms with Gasteiger partial charge >= 0.3 is 11.7 Å². The van der Waals surface area contributed by atoms with Crippen LogP contribution in [0.2, 0.25) is 0 Å². The highest BCUT2D eigenvalue weighted by atomic mass is 32.2. The summed E-state index contributed by atoms with van der Waals surface area (Å²) in [6, 6.07) is 20.1. The van der Waals surface area contributed by atoms with Crippen molar-refractivity contribution in [1.29, 1.82) is 0 Å². The third-order valence-electron chi connectivity index (χ3n) is 4.33. The molecule has 146 valence electrons. The molecule has 0 fully saturated rings. The average molecular weight is 405 g/mol. The SMILES string of the molecule is CSc1cccc(NC(=O)Nc2cccc(Cn3nc4ccccn4c3=O)c2)c1. The first-order valence-corrected chi connectivity index (χ1v) is 10.2. The molecule has 0 aliphatic rings. The standard InChI is InChI=1S/C21H19N5O2S/c1-29-18-9-5-8-17(13-18)23-20(27)22-16-7-4-6-15(12-16)14-26-21(28)25-11-3-2-10-19(25)24-26/h2-13H,14H2,1H3,(H2,22,23,27). The molecule has 0 spiro atoms. The number of nitrogens with one attached hydrogen (secondary N) is 2. The van der Waals surface area contributed by atoms with Crippen LogP contribution in [0, 0.1) is 0 Å². The minimum absolute atomic E-state index is 0.203. The van der Waals surface area contributed by atoms with Gasteiger partial charge in [-0.05, 0) is 54.3 Å². The Bertz CT molecular complexity index is 1230. The molecule has 0 aliphatic heterocycles. The van der Waals surface area contributed by atoms with Crippen LogP contribution in [0.15, 0.2) is 82.6 Å². The summed E-state index contributed by atoms with van der Waals surface area (Å²) in [4.78, 5) is 25.8. The van der Waals surface area contributed by atoms with Crippen LogP contribution < -0.4 is 16.3 Å². The maximum absolute atomic E-state index is 12.4. The van der Waals surface area contributed by atoms with Gasteiger partial charge in [0.2, 0.25) is 0 Å². The van der Waals surface area contributed by atoms with Crippen LogP contribution in [0.5, 0.6) is 0 Å². The molecule has 4 rings (SSSR count). The number of rotatable bonds is 5. The van der Waals surface area contributed by atoms with Gasteiger partial charge in [-0.3, -0.25) is 4.40 Å². The number of benzene rings is 2. The van der Waals surface area contributed by atoms with Gasteiger partial charge in [-0.15, -0.1) is 16.9 Å². The van der Waals surface area contributed by atoms with Crippen molar-refractivity contribution < 1.29 is 4.79 Å². The van der Waals surface area contributed by atoms with Crippen LogP contribution in [0.4, 0.5) is 16.2 Å². The summed E-state index contributed by atoms with van der Waals surface area (Å²) < 4.78 is 2.90. The van der Waals surface area contributed by atoms with E-state index in [4.69, 9.17) is 0 Å². The molecule has 7 nitrogen and oxygen atoms in total. The zero-order chi connectivity index (χ0) is 20.2. The van der Waals surface area contributed by atoms with E-state index in [2.05, 4.69) is 15.7 Å². The molecule has 0 radical (unpaired) electrons. The van der Waals surface area contributed by atoms with Gasteiger partial charge in [0.15, 0.2) is 5.65 Å². The molecule has 4 aromatic rings. The number of hydrogen-bond acceptors (Lipinski definition) is 4. The smallest absolute Gasteiger partial charge is 0.308 e. The van der Waals surface area contributed by atoms with E-state index in [1.54, 1.807) is 36.2 Å². The van der Waals surface area contributed by atoms with E-state index in [9.17, 15) is 9.59 Å². The van der Waals surface area contributed by atoms with E-state index in [0.717, 1.165) is 16.1 Å². The Labute approximate surface area is 171 Å². The third-order valence-corrected chi connectivity index (χ3v) is 5.06. The first-order chi connectivity index (χ1) is 14.1. The largest absolute Gasteiger partial charge is 0.350 e. The van der Waals surface area contributed by atoms with Crippen molar-refractivity contribution in [3.8, 4) is 0 Å². The van der Waals surface area contributed by atoms with E-state index in [0.29, 0.717) is 17.9 Å². The second kappa shape index (κ2) is 8.24. The molecule has 8 heteroatoms. The lowest BCUT2D eigenvalue weighted by Crippen LogP contribution is -2.22. The molecule has 0 aliphatic carbocycles. The fourth-order valence-corrected chi connectivity index (χ4v) is 3.45. The minimum Gasteiger partial charge on any atom is -0.308 e. The zero-order valence-corrected chi connectivity index (χ0v) is 16.5. The summed E-state index contributed by atoms with van der Waals surface area (Å²) >= 11 is 1.61. The quantitative estimate of drug-likeness (QED) is 0.493. The van der Waals surface area contributed by atoms with Crippen LogP contribution in [0.1, 0.15) is 5.56 Å². The second-order valence-electron chi connectivity index (χ2n) is 6.38. The van der Waals surface area contributed by atoms with Crippen LogP contribution in [0.3, 0.4) is 0 Å². The zero-order valence-electron chi connectivity index (χ0n) is 15.7. The number of fused-ring (bicyclic) bond motifs is 1. The molecule has 0 saturated carbocycles. The molecule has 0 atom stereocenters. The third kappa shape index (κ3) is 4.33. The number of carbonyl (C=O) groups excluding carboxylic acids is 1. The number of carbonyl (C=O) groups is 1. The normalized spacial score (nSPS) is 10.8.